The van der Waals surface area contributed by atoms with Crippen LogP contribution in [0.25, 0.3) is 0 Å². The molecule has 0 saturated heterocycles. The molecular formula is C50H90NO8P. The molecule has 0 radical (unpaired) electrons. The molecule has 0 aromatic rings. The first-order valence-corrected chi connectivity index (χ1v) is 25.8. The van der Waals surface area contributed by atoms with Crippen molar-refractivity contribution in [2.45, 2.75) is 219 Å². The zero-order chi connectivity index (χ0) is 43.9. The van der Waals surface area contributed by atoms with Crippen LogP contribution in [0.5, 0.6) is 0 Å². The number of esters is 2. The minimum Gasteiger partial charge on any atom is -0.462 e. The molecule has 0 aliphatic heterocycles. The molecule has 0 heterocycles. The van der Waals surface area contributed by atoms with Crippen molar-refractivity contribution in [3.8, 4) is 0 Å². The molecule has 0 aliphatic rings. The Hall–Kier alpha value is -2.29. The topological polar surface area (TPSA) is 134 Å². The summed E-state index contributed by atoms with van der Waals surface area (Å²) in [6.07, 6.45) is 55.4. The molecular weight excluding hydrogens is 774 g/mol. The summed E-state index contributed by atoms with van der Waals surface area (Å²) in [6.45, 7) is 3.62. The summed E-state index contributed by atoms with van der Waals surface area (Å²) in [5.74, 6) is -0.842. The Morgan fingerprint density at radius 2 is 0.917 bits per heavy atom. The van der Waals surface area contributed by atoms with Gasteiger partial charge in [-0.3, -0.25) is 18.6 Å². The van der Waals surface area contributed by atoms with Gasteiger partial charge in [0.05, 0.1) is 13.2 Å². The summed E-state index contributed by atoms with van der Waals surface area (Å²) < 4.78 is 32.9. The van der Waals surface area contributed by atoms with Crippen LogP contribution in [-0.2, 0) is 32.7 Å². The van der Waals surface area contributed by atoms with Crippen LogP contribution in [0.3, 0.4) is 0 Å². The van der Waals surface area contributed by atoms with Gasteiger partial charge in [0, 0.05) is 19.4 Å². The summed E-state index contributed by atoms with van der Waals surface area (Å²) in [7, 11) is -4.39. The highest BCUT2D eigenvalue weighted by atomic mass is 31.2. The molecule has 60 heavy (non-hydrogen) atoms. The number of carbonyl (C=O) groups is 2. The first-order valence-electron chi connectivity index (χ1n) is 24.3. The lowest BCUT2D eigenvalue weighted by molar-refractivity contribution is -0.161. The van der Waals surface area contributed by atoms with Gasteiger partial charge in [-0.2, -0.15) is 0 Å². The van der Waals surface area contributed by atoms with Crippen LogP contribution in [0.15, 0.2) is 60.8 Å². The van der Waals surface area contributed by atoms with Crippen LogP contribution in [-0.4, -0.2) is 49.3 Å². The van der Waals surface area contributed by atoms with Gasteiger partial charge in [0.1, 0.15) is 6.61 Å². The van der Waals surface area contributed by atoms with Gasteiger partial charge in [-0.05, 0) is 77.0 Å². The Morgan fingerprint density at radius 3 is 1.38 bits per heavy atom. The summed E-state index contributed by atoms with van der Waals surface area (Å²) in [6, 6.07) is 0. The summed E-state index contributed by atoms with van der Waals surface area (Å²) >= 11 is 0. The zero-order valence-electron chi connectivity index (χ0n) is 38.4. The van der Waals surface area contributed by atoms with Crippen molar-refractivity contribution in [3.05, 3.63) is 60.8 Å². The predicted octanol–water partition coefficient (Wildman–Crippen LogP) is 14.4. The fraction of sp³-hybridized carbons (Fsp3) is 0.760. The summed E-state index contributed by atoms with van der Waals surface area (Å²) in [5, 5.41) is 0. The Morgan fingerprint density at radius 1 is 0.517 bits per heavy atom. The molecule has 0 saturated carbocycles. The average Bonchev–Trinajstić information content (AvgIpc) is 3.24. The van der Waals surface area contributed by atoms with Crippen molar-refractivity contribution in [1.82, 2.24) is 0 Å². The quantitative estimate of drug-likeness (QED) is 0.0265. The maximum atomic E-state index is 12.6. The van der Waals surface area contributed by atoms with Gasteiger partial charge in [-0.25, -0.2) is 4.57 Å². The normalized spacial score (nSPS) is 13.7. The number of carbonyl (C=O) groups excluding carboxylic acids is 2. The lowest BCUT2D eigenvalue weighted by atomic mass is 10.0. The molecule has 0 fully saturated rings. The molecule has 9 nitrogen and oxygen atoms in total. The van der Waals surface area contributed by atoms with E-state index in [0.717, 1.165) is 89.9 Å². The molecule has 0 spiro atoms. The molecule has 0 amide bonds. The van der Waals surface area contributed by atoms with E-state index in [0.29, 0.717) is 6.42 Å². The maximum absolute atomic E-state index is 12.6. The van der Waals surface area contributed by atoms with Gasteiger partial charge in [0.15, 0.2) is 6.10 Å². The van der Waals surface area contributed by atoms with E-state index in [4.69, 9.17) is 24.3 Å². The van der Waals surface area contributed by atoms with Crippen LogP contribution in [0.1, 0.15) is 213 Å². The molecule has 0 bridgehead atoms. The van der Waals surface area contributed by atoms with E-state index in [2.05, 4.69) is 74.6 Å². The van der Waals surface area contributed by atoms with Gasteiger partial charge in [0.25, 0.3) is 0 Å². The van der Waals surface area contributed by atoms with E-state index < -0.39 is 32.5 Å². The van der Waals surface area contributed by atoms with E-state index in [-0.39, 0.29) is 32.6 Å². The lowest BCUT2D eigenvalue weighted by Gasteiger charge is -2.19. The van der Waals surface area contributed by atoms with Crippen molar-refractivity contribution in [2.75, 3.05) is 26.4 Å². The summed E-state index contributed by atoms with van der Waals surface area (Å²) in [5.41, 5.74) is 5.36. The summed E-state index contributed by atoms with van der Waals surface area (Å²) in [4.78, 5) is 35.0. The van der Waals surface area contributed by atoms with Crippen LogP contribution < -0.4 is 5.73 Å². The third kappa shape index (κ3) is 45.2. The van der Waals surface area contributed by atoms with Gasteiger partial charge >= 0.3 is 19.8 Å². The van der Waals surface area contributed by atoms with E-state index in [9.17, 15) is 19.0 Å². The molecule has 2 unspecified atom stereocenters. The van der Waals surface area contributed by atoms with Crippen molar-refractivity contribution in [2.24, 2.45) is 5.73 Å². The second kappa shape index (κ2) is 46.2. The van der Waals surface area contributed by atoms with E-state index in [1.54, 1.807) is 0 Å². The molecule has 3 N–H and O–H groups in total. The van der Waals surface area contributed by atoms with Crippen molar-refractivity contribution in [3.63, 3.8) is 0 Å². The molecule has 0 aromatic carbocycles. The van der Waals surface area contributed by atoms with Gasteiger partial charge in [0.2, 0.25) is 0 Å². The zero-order valence-corrected chi connectivity index (χ0v) is 39.3. The fourth-order valence-electron chi connectivity index (χ4n) is 6.56. The second-order valence-corrected chi connectivity index (χ2v) is 17.4. The Bertz CT molecular complexity index is 1170. The number of unbranched alkanes of at least 4 members (excludes halogenated alkanes) is 22. The minimum absolute atomic E-state index is 0.0497. The number of rotatable bonds is 45. The van der Waals surface area contributed by atoms with E-state index >= 15 is 0 Å². The van der Waals surface area contributed by atoms with Gasteiger partial charge < -0.3 is 20.1 Å². The number of hydrogen-bond donors (Lipinski definition) is 2. The molecule has 348 valence electrons. The number of phosphoric ester groups is 1. The Kier molecular flexibility index (Phi) is 44.5. The Labute approximate surface area is 368 Å². The highest BCUT2D eigenvalue weighted by Gasteiger charge is 2.26. The first-order chi connectivity index (χ1) is 29.3. The molecule has 2 atom stereocenters. The van der Waals surface area contributed by atoms with Crippen LogP contribution in [0, 0.1) is 0 Å². The molecule has 0 aromatic heterocycles. The smallest absolute Gasteiger partial charge is 0.462 e. The number of nitrogens with two attached hydrogens (primary N) is 1. The highest BCUT2D eigenvalue weighted by Crippen LogP contribution is 2.43. The minimum atomic E-state index is -4.39. The second-order valence-electron chi connectivity index (χ2n) is 15.9. The van der Waals surface area contributed by atoms with Crippen molar-refractivity contribution < 1.29 is 37.6 Å². The third-order valence-corrected chi connectivity index (χ3v) is 11.1. The molecule has 0 aliphatic carbocycles. The largest absolute Gasteiger partial charge is 0.472 e. The van der Waals surface area contributed by atoms with Crippen LogP contribution in [0.2, 0.25) is 0 Å². The monoisotopic (exact) mass is 864 g/mol. The average molecular weight is 864 g/mol. The van der Waals surface area contributed by atoms with Gasteiger partial charge in [-0.1, -0.05) is 184 Å². The molecule has 0 rings (SSSR count). The van der Waals surface area contributed by atoms with Crippen LogP contribution in [0.4, 0.5) is 0 Å². The number of allylic oxidation sites excluding steroid dienone is 10. The molecule has 10 heteroatoms. The highest BCUT2D eigenvalue weighted by molar-refractivity contribution is 7.47. The lowest BCUT2D eigenvalue weighted by Crippen LogP contribution is -2.29. The van der Waals surface area contributed by atoms with Crippen LogP contribution >= 0.6 is 7.82 Å². The van der Waals surface area contributed by atoms with Crippen molar-refractivity contribution in [1.29, 1.82) is 0 Å². The third-order valence-electron chi connectivity index (χ3n) is 10.1. The maximum Gasteiger partial charge on any atom is 0.472 e. The first kappa shape index (κ1) is 57.7. The van der Waals surface area contributed by atoms with Gasteiger partial charge in [-0.15, -0.1) is 0 Å². The van der Waals surface area contributed by atoms with E-state index in [1.807, 2.05) is 0 Å². The number of phosphoric acid groups is 1. The SMILES string of the molecule is CC/C=C\C/C=C\C/C=C\C/C=C\CCCCCCCCCCCCC(=O)OC(COC(=O)CCCCCCC/C=C\CCCCCCCCC)COP(=O)(O)OCCN. The van der Waals surface area contributed by atoms with E-state index in [1.165, 1.54) is 89.9 Å². The standard InChI is InChI=1S/C50H90NO8P/c1-3-5-7-9-11-13-15-17-19-21-22-23-24-25-26-27-29-31-33-35-37-39-41-43-50(53)59-48(47-58-60(54,55)57-45-44-51)46-56-49(52)42-40-38-36-34-32-30-28-20-18-16-14-12-10-8-6-4-2/h5,7,11,13,17,19-20,22-23,28,48H,3-4,6,8-10,12,14-16,18,21,24-27,29-47,51H2,1-2H3,(H,54,55)/b7-5-,13-11-,19-17-,23-22-,28-20-. The van der Waals surface area contributed by atoms with Crippen molar-refractivity contribution >= 4 is 19.8 Å². The number of hydrogen-bond acceptors (Lipinski definition) is 8. The number of ether oxygens (including phenoxy) is 2. The fourth-order valence-corrected chi connectivity index (χ4v) is 7.33. The predicted molar refractivity (Wildman–Crippen MR) is 252 cm³/mol. The Balaban J connectivity index is 4.09.